The highest BCUT2D eigenvalue weighted by Crippen LogP contribution is 2.32. The Morgan fingerprint density at radius 1 is 1.20 bits per heavy atom. The second-order valence-corrected chi connectivity index (χ2v) is 10.5. The first-order chi connectivity index (χ1) is 17.1. The van der Waals surface area contributed by atoms with Crippen LogP contribution in [0.15, 0.2) is 29.2 Å². The van der Waals surface area contributed by atoms with Gasteiger partial charge < -0.3 is 20.1 Å². The molecule has 0 radical (unpaired) electrons. The average Bonchev–Trinajstić information content (AvgIpc) is 3.59. The zero-order valence-electron chi connectivity index (χ0n) is 20.5. The van der Waals surface area contributed by atoms with Crippen LogP contribution in [0.5, 0.6) is 0 Å². The molecule has 1 aromatic carbocycles. The van der Waals surface area contributed by atoms with Crippen LogP contribution in [0.1, 0.15) is 49.9 Å². The van der Waals surface area contributed by atoms with Crippen molar-refractivity contribution in [3.63, 3.8) is 0 Å². The van der Waals surface area contributed by atoms with Crippen molar-refractivity contribution < 1.29 is 0 Å². The Kier molecular flexibility index (Phi) is 7.70. The minimum Gasteiger partial charge on any atom is -0.365 e. The topological polar surface area (TPSA) is 90.9 Å². The highest BCUT2D eigenvalue weighted by atomic mass is 35.5. The van der Waals surface area contributed by atoms with Gasteiger partial charge in [-0.15, -0.1) is 0 Å². The molecule has 1 aliphatic heterocycles. The highest BCUT2D eigenvalue weighted by molar-refractivity contribution is 6.31. The Labute approximate surface area is 211 Å². The zero-order valence-corrected chi connectivity index (χ0v) is 21.3. The molecule has 2 fully saturated rings. The summed E-state index contributed by atoms with van der Waals surface area (Å²) in [5.74, 6) is 1.38. The largest absolute Gasteiger partial charge is 0.365 e. The summed E-state index contributed by atoms with van der Waals surface area (Å²) in [5, 5.41) is 15.9. The van der Waals surface area contributed by atoms with E-state index in [1.807, 2.05) is 25.1 Å². The third kappa shape index (κ3) is 6.05. The van der Waals surface area contributed by atoms with E-state index >= 15 is 0 Å². The first-order valence-corrected chi connectivity index (χ1v) is 13.3. The van der Waals surface area contributed by atoms with Gasteiger partial charge in [0.25, 0.3) is 5.56 Å². The summed E-state index contributed by atoms with van der Waals surface area (Å²) >= 11 is 6.13. The molecule has 2 aliphatic rings. The number of hydrogen-bond donors (Lipinski definition) is 3. The lowest BCUT2D eigenvalue weighted by Crippen LogP contribution is -2.41. The summed E-state index contributed by atoms with van der Waals surface area (Å²) in [6, 6.07) is 6.30. The summed E-state index contributed by atoms with van der Waals surface area (Å²) in [7, 11) is 0. The van der Waals surface area contributed by atoms with Gasteiger partial charge in [-0.2, -0.15) is 5.10 Å². The van der Waals surface area contributed by atoms with Crippen molar-refractivity contribution in [1.82, 2.24) is 30.0 Å². The molecule has 5 rings (SSSR count). The molecule has 3 aromatic rings. The standard InChI is InChI=1S/C26H36ClN7O/c1-18-15-30-25(29-10-9-21-4-2-3-12-33(21)17-19-5-6-19)26(35)34(18)13-11-28-16-24-22-14-20(27)7-8-23(22)31-32-24/h7-8,14-15,19,21,28H,2-6,9-13,16-17H2,1H3,(H,29,30)(H,31,32). The molecule has 0 spiro atoms. The van der Waals surface area contributed by atoms with Gasteiger partial charge in [-0.1, -0.05) is 18.0 Å². The van der Waals surface area contributed by atoms with E-state index in [0.29, 0.717) is 36.5 Å². The Bertz CT molecular complexity index is 1200. The van der Waals surface area contributed by atoms with E-state index in [2.05, 4.69) is 30.7 Å². The Morgan fingerprint density at radius 2 is 2.09 bits per heavy atom. The lowest BCUT2D eigenvalue weighted by Gasteiger charge is -2.36. The molecule has 188 valence electrons. The molecule has 1 saturated carbocycles. The maximum absolute atomic E-state index is 13.1. The van der Waals surface area contributed by atoms with Crippen LogP contribution in [0, 0.1) is 12.8 Å². The van der Waals surface area contributed by atoms with E-state index < -0.39 is 0 Å². The van der Waals surface area contributed by atoms with Gasteiger partial charge in [-0.3, -0.25) is 9.89 Å². The number of rotatable bonds is 11. The number of hydrogen-bond acceptors (Lipinski definition) is 6. The lowest BCUT2D eigenvalue weighted by molar-refractivity contribution is 0.137. The van der Waals surface area contributed by atoms with Gasteiger partial charge in [0, 0.05) is 61.1 Å². The SMILES string of the molecule is Cc1cnc(NCCC2CCCCN2CC2CC2)c(=O)n1CCNCc1[nH]nc2ccc(Cl)cc12. The van der Waals surface area contributed by atoms with E-state index in [4.69, 9.17) is 11.6 Å². The van der Waals surface area contributed by atoms with Crippen LogP contribution in [-0.4, -0.2) is 56.9 Å². The molecule has 3 heterocycles. The number of fused-ring (bicyclic) bond motifs is 1. The lowest BCUT2D eigenvalue weighted by atomic mass is 9.99. The summed E-state index contributed by atoms with van der Waals surface area (Å²) < 4.78 is 1.80. The van der Waals surface area contributed by atoms with Crippen molar-refractivity contribution in [3.8, 4) is 0 Å². The molecule has 0 amide bonds. The number of halogens is 1. The fourth-order valence-electron chi connectivity index (χ4n) is 5.16. The molecular weight excluding hydrogens is 462 g/mol. The average molecular weight is 498 g/mol. The fourth-order valence-corrected chi connectivity index (χ4v) is 5.33. The van der Waals surface area contributed by atoms with Gasteiger partial charge in [-0.05, 0) is 69.7 Å². The Balaban J connectivity index is 1.13. The van der Waals surface area contributed by atoms with Crippen molar-refractivity contribution in [2.75, 3.05) is 31.5 Å². The molecule has 9 heteroatoms. The third-order valence-electron chi connectivity index (χ3n) is 7.37. The summed E-state index contributed by atoms with van der Waals surface area (Å²) in [5.41, 5.74) is 2.70. The molecule has 0 bridgehead atoms. The second kappa shape index (κ2) is 11.1. The van der Waals surface area contributed by atoms with Crippen molar-refractivity contribution in [1.29, 1.82) is 0 Å². The molecule has 1 unspecified atom stereocenters. The highest BCUT2D eigenvalue weighted by Gasteiger charge is 2.29. The molecule has 2 aromatic heterocycles. The van der Waals surface area contributed by atoms with Gasteiger partial charge in [0.1, 0.15) is 0 Å². The maximum atomic E-state index is 13.1. The van der Waals surface area contributed by atoms with Gasteiger partial charge in [0.05, 0.1) is 11.2 Å². The van der Waals surface area contributed by atoms with E-state index in [1.54, 1.807) is 10.8 Å². The minimum atomic E-state index is -0.0518. The quantitative estimate of drug-likeness (QED) is 0.348. The number of benzene rings is 1. The molecule has 8 nitrogen and oxygen atoms in total. The normalized spacial score (nSPS) is 18.9. The fraction of sp³-hybridized carbons (Fsp3) is 0.577. The molecular formula is C26H36ClN7O. The number of aromatic nitrogens is 4. The molecule has 1 aliphatic carbocycles. The van der Waals surface area contributed by atoms with Gasteiger partial charge in [-0.25, -0.2) is 4.98 Å². The number of anilines is 1. The van der Waals surface area contributed by atoms with Crippen molar-refractivity contribution in [2.45, 2.75) is 64.6 Å². The number of piperidine rings is 1. The van der Waals surface area contributed by atoms with E-state index in [9.17, 15) is 4.79 Å². The van der Waals surface area contributed by atoms with Gasteiger partial charge in [0.2, 0.25) is 0 Å². The number of nitrogens with zero attached hydrogens (tertiary/aromatic N) is 4. The first kappa shape index (κ1) is 24.3. The Hall–Kier alpha value is -2.42. The van der Waals surface area contributed by atoms with E-state index in [0.717, 1.165) is 41.2 Å². The number of aromatic amines is 1. The van der Waals surface area contributed by atoms with Crippen LogP contribution in [0.3, 0.4) is 0 Å². The van der Waals surface area contributed by atoms with Gasteiger partial charge in [0.15, 0.2) is 5.82 Å². The number of nitrogens with one attached hydrogen (secondary N) is 3. The van der Waals surface area contributed by atoms with Crippen LogP contribution in [0.25, 0.3) is 10.9 Å². The van der Waals surface area contributed by atoms with Crippen LogP contribution in [-0.2, 0) is 13.1 Å². The second-order valence-electron chi connectivity index (χ2n) is 10.0. The molecule has 3 N–H and O–H groups in total. The van der Waals surface area contributed by atoms with E-state index in [-0.39, 0.29) is 5.56 Å². The summed E-state index contributed by atoms with van der Waals surface area (Å²) in [6.07, 6.45) is 9.55. The molecule has 1 atom stereocenters. The predicted molar refractivity (Wildman–Crippen MR) is 141 cm³/mol. The summed E-state index contributed by atoms with van der Waals surface area (Å²) in [4.78, 5) is 20.2. The van der Waals surface area contributed by atoms with Crippen molar-refractivity contribution >= 4 is 28.3 Å². The van der Waals surface area contributed by atoms with Gasteiger partial charge >= 0.3 is 0 Å². The van der Waals surface area contributed by atoms with E-state index in [1.165, 1.54) is 45.2 Å². The monoisotopic (exact) mass is 497 g/mol. The summed E-state index contributed by atoms with van der Waals surface area (Å²) in [6.45, 7) is 7.06. The smallest absolute Gasteiger partial charge is 0.293 e. The van der Waals surface area contributed by atoms with Crippen LogP contribution in [0.2, 0.25) is 5.02 Å². The molecule has 1 saturated heterocycles. The van der Waals surface area contributed by atoms with Crippen molar-refractivity contribution in [2.24, 2.45) is 5.92 Å². The van der Waals surface area contributed by atoms with Crippen LogP contribution in [0.4, 0.5) is 5.82 Å². The zero-order chi connectivity index (χ0) is 24.2. The van der Waals surface area contributed by atoms with Crippen molar-refractivity contribution in [3.05, 3.63) is 51.2 Å². The number of aryl methyl sites for hydroxylation is 1. The third-order valence-corrected chi connectivity index (χ3v) is 7.61. The Morgan fingerprint density at radius 3 is 2.94 bits per heavy atom. The maximum Gasteiger partial charge on any atom is 0.293 e. The minimum absolute atomic E-state index is 0.0518. The molecule has 35 heavy (non-hydrogen) atoms. The van der Waals surface area contributed by atoms with Crippen LogP contribution < -0.4 is 16.2 Å². The number of H-pyrrole nitrogens is 1. The predicted octanol–water partition coefficient (Wildman–Crippen LogP) is 3.94. The van der Waals surface area contributed by atoms with Crippen LogP contribution >= 0.6 is 11.6 Å². The first-order valence-electron chi connectivity index (χ1n) is 13.0. The number of likely N-dealkylation sites (tertiary alicyclic amines) is 1.